The summed E-state index contributed by atoms with van der Waals surface area (Å²) in [5.41, 5.74) is 1.90. The number of aryl methyl sites for hydroxylation is 1. The van der Waals surface area contributed by atoms with E-state index in [1.807, 2.05) is 48.0 Å². The molecule has 0 radical (unpaired) electrons. The number of thiophene rings is 1. The van der Waals surface area contributed by atoms with Crippen LogP contribution < -0.4 is 10.6 Å². The van der Waals surface area contributed by atoms with Crippen LogP contribution in [0.4, 0.5) is 0 Å². The van der Waals surface area contributed by atoms with Gasteiger partial charge in [-0.2, -0.15) is 5.10 Å². The Balaban J connectivity index is 1.49. The number of carbonyl (C=O) groups is 2. The first-order valence-electron chi connectivity index (χ1n) is 9.64. The average molecular weight is 397 g/mol. The molecule has 1 fully saturated rings. The SMILES string of the molecule is CNC(=O)C1CCC(NC(=O)c2cc3c(C)nn(-c4ccccc4)c3s2)CC1. The number of rotatable bonds is 4. The van der Waals surface area contributed by atoms with Crippen LogP contribution in [0.15, 0.2) is 36.4 Å². The minimum atomic E-state index is -0.0383. The van der Waals surface area contributed by atoms with E-state index in [4.69, 9.17) is 0 Å². The number of benzene rings is 1. The number of aromatic nitrogens is 2. The van der Waals surface area contributed by atoms with Gasteiger partial charge >= 0.3 is 0 Å². The summed E-state index contributed by atoms with van der Waals surface area (Å²) in [6.45, 7) is 1.97. The summed E-state index contributed by atoms with van der Waals surface area (Å²) in [6.07, 6.45) is 3.31. The fraction of sp³-hybridized carbons (Fsp3) is 0.381. The van der Waals surface area contributed by atoms with Crippen molar-refractivity contribution >= 4 is 33.4 Å². The van der Waals surface area contributed by atoms with E-state index in [0.29, 0.717) is 4.88 Å². The highest BCUT2D eigenvalue weighted by Crippen LogP contribution is 2.31. The van der Waals surface area contributed by atoms with Crippen molar-refractivity contribution in [2.45, 2.75) is 38.6 Å². The fourth-order valence-electron chi connectivity index (χ4n) is 3.86. The summed E-state index contributed by atoms with van der Waals surface area (Å²) in [6, 6.07) is 12.0. The summed E-state index contributed by atoms with van der Waals surface area (Å²) in [7, 11) is 1.68. The molecule has 7 heteroatoms. The lowest BCUT2D eigenvalue weighted by Crippen LogP contribution is -2.40. The van der Waals surface area contributed by atoms with Crippen molar-refractivity contribution in [2.24, 2.45) is 5.92 Å². The van der Waals surface area contributed by atoms with Gasteiger partial charge in [-0.1, -0.05) is 18.2 Å². The minimum absolute atomic E-state index is 0.0383. The lowest BCUT2D eigenvalue weighted by Gasteiger charge is -2.27. The number of carbonyl (C=O) groups excluding carboxylic acids is 2. The van der Waals surface area contributed by atoms with E-state index in [9.17, 15) is 9.59 Å². The second-order valence-corrected chi connectivity index (χ2v) is 8.33. The molecule has 0 saturated heterocycles. The smallest absolute Gasteiger partial charge is 0.261 e. The molecule has 3 aromatic rings. The number of nitrogens with zero attached hydrogens (tertiary/aromatic N) is 2. The van der Waals surface area contributed by atoms with Crippen LogP contribution in [0.5, 0.6) is 0 Å². The van der Waals surface area contributed by atoms with Gasteiger partial charge in [-0.25, -0.2) is 4.68 Å². The van der Waals surface area contributed by atoms with Crippen molar-refractivity contribution in [3.63, 3.8) is 0 Å². The van der Waals surface area contributed by atoms with E-state index in [-0.39, 0.29) is 23.8 Å². The number of para-hydroxylation sites is 1. The van der Waals surface area contributed by atoms with Crippen molar-refractivity contribution in [1.82, 2.24) is 20.4 Å². The molecular weight excluding hydrogens is 372 g/mol. The van der Waals surface area contributed by atoms with E-state index >= 15 is 0 Å². The Hall–Kier alpha value is -2.67. The van der Waals surface area contributed by atoms with Crippen LogP contribution in [0, 0.1) is 12.8 Å². The number of hydrogen-bond acceptors (Lipinski definition) is 4. The fourth-order valence-corrected chi connectivity index (χ4v) is 4.95. The summed E-state index contributed by atoms with van der Waals surface area (Å²) < 4.78 is 1.90. The summed E-state index contributed by atoms with van der Waals surface area (Å²) >= 11 is 1.47. The zero-order valence-electron chi connectivity index (χ0n) is 16.1. The molecule has 0 spiro atoms. The number of fused-ring (bicyclic) bond motifs is 1. The highest BCUT2D eigenvalue weighted by Gasteiger charge is 2.27. The predicted octanol–water partition coefficient (Wildman–Crippen LogP) is 3.43. The van der Waals surface area contributed by atoms with Crippen LogP contribution in [0.3, 0.4) is 0 Å². The zero-order valence-corrected chi connectivity index (χ0v) is 16.9. The van der Waals surface area contributed by atoms with Crippen LogP contribution in [0.1, 0.15) is 41.0 Å². The van der Waals surface area contributed by atoms with E-state index in [2.05, 4.69) is 15.7 Å². The van der Waals surface area contributed by atoms with Crippen molar-refractivity contribution in [2.75, 3.05) is 7.05 Å². The highest BCUT2D eigenvalue weighted by molar-refractivity contribution is 7.20. The zero-order chi connectivity index (χ0) is 19.7. The molecule has 4 rings (SSSR count). The number of amides is 2. The van der Waals surface area contributed by atoms with Gasteiger partial charge in [-0.05, 0) is 50.8 Å². The maximum Gasteiger partial charge on any atom is 0.261 e. The van der Waals surface area contributed by atoms with E-state index < -0.39 is 0 Å². The van der Waals surface area contributed by atoms with Crippen LogP contribution in [0.25, 0.3) is 15.9 Å². The maximum atomic E-state index is 12.8. The summed E-state index contributed by atoms with van der Waals surface area (Å²) in [4.78, 5) is 26.3. The van der Waals surface area contributed by atoms with Crippen molar-refractivity contribution in [3.8, 4) is 5.69 Å². The Morgan fingerprint density at radius 3 is 2.54 bits per heavy atom. The Kier molecular flexibility index (Phi) is 5.17. The lowest BCUT2D eigenvalue weighted by atomic mass is 9.85. The molecule has 1 aliphatic carbocycles. The molecule has 6 nitrogen and oxygen atoms in total. The Bertz CT molecular complexity index is 1000. The monoisotopic (exact) mass is 396 g/mol. The van der Waals surface area contributed by atoms with Gasteiger partial charge in [0, 0.05) is 24.4 Å². The molecule has 2 aromatic heterocycles. The molecule has 1 aliphatic rings. The van der Waals surface area contributed by atoms with Gasteiger partial charge in [0.1, 0.15) is 4.83 Å². The molecule has 2 amide bonds. The molecule has 2 N–H and O–H groups in total. The molecule has 0 unspecified atom stereocenters. The van der Waals surface area contributed by atoms with Crippen molar-refractivity contribution in [3.05, 3.63) is 47.0 Å². The topological polar surface area (TPSA) is 76.0 Å². The van der Waals surface area contributed by atoms with Gasteiger partial charge in [-0.3, -0.25) is 9.59 Å². The second kappa shape index (κ2) is 7.75. The van der Waals surface area contributed by atoms with Crippen LogP contribution in [-0.2, 0) is 4.79 Å². The molecule has 1 saturated carbocycles. The highest BCUT2D eigenvalue weighted by atomic mass is 32.1. The quantitative estimate of drug-likeness (QED) is 0.709. The second-order valence-electron chi connectivity index (χ2n) is 7.30. The first-order chi connectivity index (χ1) is 13.6. The van der Waals surface area contributed by atoms with Gasteiger partial charge in [0.2, 0.25) is 5.91 Å². The third-order valence-electron chi connectivity index (χ3n) is 5.45. The number of hydrogen-bond donors (Lipinski definition) is 2. The molecule has 0 bridgehead atoms. The van der Waals surface area contributed by atoms with Gasteiger partial charge in [0.15, 0.2) is 0 Å². The largest absolute Gasteiger partial charge is 0.359 e. The summed E-state index contributed by atoms with van der Waals surface area (Å²) in [5.74, 6) is 0.140. The molecule has 2 heterocycles. The van der Waals surface area contributed by atoms with Gasteiger partial charge in [0.25, 0.3) is 5.91 Å². The first kappa shape index (κ1) is 18.7. The molecule has 0 aliphatic heterocycles. The van der Waals surface area contributed by atoms with Gasteiger partial charge in [0.05, 0.1) is 16.3 Å². The van der Waals surface area contributed by atoms with Crippen molar-refractivity contribution in [1.29, 1.82) is 0 Å². The van der Waals surface area contributed by atoms with Crippen LogP contribution >= 0.6 is 11.3 Å². The first-order valence-corrected chi connectivity index (χ1v) is 10.5. The van der Waals surface area contributed by atoms with E-state index in [0.717, 1.165) is 47.3 Å². The molecular formula is C21H24N4O2S. The lowest BCUT2D eigenvalue weighted by molar-refractivity contribution is -0.125. The molecule has 28 heavy (non-hydrogen) atoms. The van der Waals surface area contributed by atoms with E-state index in [1.54, 1.807) is 7.05 Å². The Labute approximate surface area is 167 Å². The molecule has 146 valence electrons. The third kappa shape index (κ3) is 3.54. The summed E-state index contributed by atoms with van der Waals surface area (Å²) in [5, 5.41) is 11.5. The van der Waals surface area contributed by atoms with Crippen LogP contribution in [-0.4, -0.2) is 34.7 Å². The normalized spacial score (nSPS) is 19.5. The Morgan fingerprint density at radius 2 is 1.86 bits per heavy atom. The molecule has 1 aromatic carbocycles. The van der Waals surface area contributed by atoms with E-state index in [1.165, 1.54) is 11.3 Å². The third-order valence-corrected chi connectivity index (χ3v) is 6.56. The average Bonchev–Trinajstić information content (AvgIpc) is 3.29. The van der Waals surface area contributed by atoms with Crippen LogP contribution in [0.2, 0.25) is 0 Å². The minimum Gasteiger partial charge on any atom is -0.359 e. The van der Waals surface area contributed by atoms with Crippen molar-refractivity contribution < 1.29 is 9.59 Å². The maximum absolute atomic E-state index is 12.8. The number of nitrogens with one attached hydrogen (secondary N) is 2. The Morgan fingerprint density at radius 1 is 1.14 bits per heavy atom. The molecule has 0 atom stereocenters. The van der Waals surface area contributed by atoms with Gasteiger partial charge < -0.3 is 10.6 Å². The van der Waals surface area contributed by atoms with Gasteiger partial charge in [-0.15, -0.1) is 11.3 Å². The standard InChI is InChI=1S/C21H24N4O2S/c1-13-17-12-18(28-21(17)25(24-13)16-6-4-3-5-7-16)20(27)23-15-10-8-14(9-11-15)19(26)22-2/h3-7,12,14-15H,8-11H2,1-2H3,(H,22,26)(H,23,27). The predicted molar refractivity (Wildman–Crippen MR) is 111 cm³/mol.